The van der Waals surface area contributed by atoms with E-state index in [4.69, 9.17) is 0 Å². The lowest BCUT2D eigenvalue weighted by atomic mass is 10.1. The summed E-state index contributed by atoms with van der Waals surface area (Å²) in [7, 11) is 0. The molecule has 4 rings (SSSR count). The van der Waals surface area contributed by atoms with Crippen molar-refractivity contribution in [2.75, 3.05) is 50.7 Å². The molecule has 2 N–H and O–H groups in total. The molecule has 3 aliphatic rings. The molecule has 0 amide bonds. The molecule has 0 aromatic heterocycles. The van der Waals surface area contributed by atoms with Gasteiger partial charge in [0.1, 0.15) is 0 Å². The highest BCUT2D eigenvalue weighted by molar-refractivity contribution is 14.0. The zero-order valence-corrected chi connectivity index (χ0v) is 17.2. The number of hydrogen-bond donors (Lipinski definition) is 2. The van der Waals surface area contributed by atoms with E-state index in [1.54, 1.807) is 0 Å². The van der Waals surface area contributed by atoms with Crippen molar-refractivity contribution in [3.8, 4) is 0 Å². The van der Waals surface area contributed by atoms with Gasteiger partial charge in [-0.05, 0) is 42.9 Å². The first kappa shape index (κ1) is 18.8. The Morgan fingerprint density at radius 3 is 2.48 bits per heavy atom. The molecule has 1 saturated heterocycles. The van der Waals surface area contributed by atoms with E-state index in [1.807, 2.05) is 0 Å². The van der Waals surface area contributed by atoms with Crippen LogP contribution in [0.25, 0.3) is 0 Å². The maximum atomic E-state index is 4.45. The molecule has 0 bridgehead atoms. The average molecular weight is 455 g/mol. The van der Waals surface area contributed by atoms with Crippen LogP contribution in [0.15, 0.2) is 29.3 Å². The average Bonchev–Trinajstić information content (AvgIpc) is 3.46. The number of anilines is 1. The van der Waals surface area contributed by atoms with Gasteiger partial charge in [0.2, 0.25) is 0 Å². The quantitative estimate of drug-likeness (QED) is 0.669. The van der Waals surface area contributed by atoms with Crippen LogP contribution in [0.2, 0.25) is 0 Å². The van der Waals surface area contributed by atoms with Crippen LogP contribution >= 0.6 is 24.0 Å². The van der Waals surface area contributed by atoms with Gasteiger partial charge in [-0.3, -0.25) is 9.89 Å². The standard InChI is InChI=1S/C19H29N5.HI/c1-8-20-19(21-9-1)22-14-16-4-6-18(7-5-16)24-12-10-23(11-13-24)15-17-2-3-17;/h4-7,17H,1-3,8-15H2,(H2,20,21,22);1H. The largest absolute Gasteiger partial charge is 0.369 e. The minimum atomic E-state index is 0. The Kier molecular flexibility index (Phi) is 6.81. The SMILES string of the molecule is I.c1cc(N2CCN(CC3CC3)CC2)ccc1CNC1=NCCCN1. The second kappa shape index (κ2) is 9.07. The number of rotatable bonds is 5. The lowest BCUT2D eigenvalue weighted by Gasteiger charge is -2.36. The minimum absolute atomic E-state index is 0. The third-order valence-corrected chi connectivity index (χ3v) is 5.24. The van der Waals surface area contributed by atoms with E-state index in [-0.39, 0.29) is 24.0 Å². The zero-order chi connectivity index (χ0) is 16.2. The van der Waals surface area contributed by atoms with Crippen LogP contribution in [0.5, 0.6) is 0 Å². The summed E-state index contributed by atoms with van der Waals surface area (Å²) < 4.78 is 0. The molecule has 0 radical (unpaired) electrons. The van der Waals surface area contributed by atoms with Crippen LogP contribution in [0.1, 0.15) is 24.8 Å². The Labute approximate surface area is 168 Å². The fraction of sp³-hybridized carbons (Fsp3) is 0.632. The van der Waals surface area contributed by atoms with Crippen LogP contribution < -0.4 is 15.5 Å². The van der Waals surface area contributed by atoms with Crippen molar-refractivity contribution in [3.05, 3.63) is 29.8 Å². The Bertz CT molecular complexity index is 562. The predicted molar refractivity (Wildman–Crippen MR) is 115 cm³/mol. The maximum absolute atomic E-state index is 4.45. The van der Waals surface area contributed by atoms with Crippen LogP contribution in [0, 0.1) is 5.92 Å². The normalized spacial score (nSPS) is 21.1. The molecule has 5 nitrogen and oxygen atoms in total. The first-order chi connectivity index (χ1) is 11.9. The third-order valence-electron chi connectivity index (χ3n) is 5.24. The fourth-order valence-corrected chi connectivity index (χ4v) is 3.52. The summed E-state index contributed by atoms with van der Waals surface area (Å²) in [6.45, 7) is 8.86. The Morgan fingerprint density at radius 1 is 1.08 bits per heavy atom. The number of nitrogens with one attached hydrogen (secondary N) is 2. The first-order valence-electron chi connectivity index (χ1n) is 9.45. The Balaban J connectivity index is 0.00000182. The van der Waals surface area contributed by atoms with E-state index in [9.17, 15) is 0 Å². The van der Waals surface area contributed by atoms with Gasteiger partial charge in [-0.15, -0.1) is 24.0 Å². The van der Waals surface area contributed by atoms with Gasteiger partial charge in [-0.25, -0.2) is 0 Å². The number of hydrogen-bond acceptors (Lipinski definition) is 5. The van der Waals surface area contributed by atoms with E-state index in [2.05, 4.69) is 49.7 Å². The summed E-state index contributed by atoms with van der Waals surface area (Å²) in [5, 5.41) is 6.69. The fourth-order valence-electron chi connectivity index (χ4n) is 3.52. The van der Waals surface area contributed by atoms with Crippen molar-refractivity contribution in [3.63, 3.8) is 0 Å². The van der Waals surface area contributed by atoms with Crippen molar-refractivity contribution < 1.29 is 0 Å². The molecule has 138 valence electrons. The molecule has 0 spiro atoms. The van der Waals surface area contributed by atoms with Crippen LogP contribution in [-0.4, -0.2) is 56.7 Å². The second-order valence-electron chi connectivity index (χ2n) is 7.26. The van der Waals surface area contributed by atoms with Crippen LogP contribution in [0.3, 0.4) is 0 Å². The van der Waals surface area contributed by atoms with Gasteiger partial charge in [0.05, 0.1) is 0 Å². The summed E-state index contributed by atoms with van der Waals surface area (Å²) in [5.41, 5.74) is 2.67. The van der Waals surface area contributed by atoms with Gasteiger partial charge in [0, 0.05) is 58.0 Å². The molecule has 2 heterocycles. The summed E-state index contributed by atoms with van der Waals surface area (Å²) in [6, 6.07) is 9.01. The molecule has 2 aliphatic heterocycles. The van der Waals surface area contributed by atoms with E-state index < -0.39 is 0 Å². The predicted octanol–water partition coefficient (Wildman–Crippen LogP) is 2.28. The maximum Gasteiger partial charge on any atom is 0.191 e. The van der Waals surface area contributed by atoms with Crippen molar-refractivity contribution in [1.82, 2.24) is 15.5 Å². The topological polar surface area (TPSA) is 42.9 Å². The van der Waals surface area contributed by atoms with Gasteiger partial charge < -0.3 is 15.5 Å². The third kappa shape index (κ3) is 5.48. The summed E-state index contributed by atoms with van der Waals surface area (Å²) >= 11 is 0. The molecular formula is C19H30IN5. The van der Waals surface area contributed by atoms with E-state index in [1.165, 1.54) is 43.7 Å². The van der Waals surface area contributed by atoms with E-state index >= 15 is 0 Å². The summed E-state index contributed by atoms with van der Waals surface area (Å²) in [6.07, 6.45) is 4.04. The molecule has 0 atom stereocenters. The molecule has 2 fully saturated rings. The number of halogens is 1. The van der Waals surface area contributed by atoms with Crippen LogP contribution in [0.4, 0.5) is 5.69 Å². The highest BCUT2D eigenvalue weighted by Crippen LogP contribution is 2.30. The second-order valence-corrected chi connectivity index (χ2v) is 7.26. The molecular weight excluding hydrogens is 425 g/mol. The van der Waals surface area contributed by atoms with Gasteiger partial charge in [-0.2, -0.15) is 0 Å². The molecule has 1 aromatic carbocycles. The van der Waals surface area contributed by atoms with Gasteiger partial charge in [0.15, 0.2) is 5.96 Å². The number of aliphatic imine (C=N–C) groups is 1. The van der Waals surface area contributed by atoms with Crippen molar-refractivity contribution in [1.29, 1.82) is 0 Å². The lowest BCUT2D eigenvalue weighted by Crippen LogP contribution is -2.47. The molecule has 25 heavy (non-hydrogen) atoms. The molecule has 0 unspecified atom stereocenters. The van der Waals surface area contributed by atoms with Gasteiger partial charge in [0.25, 0.3) is 0 Å². The molecule has 6 heteroatoms. The smallest absolute Gasteiger partial charge is 0.191 e. The lowest BCUT2D eigenvalue weighted by molar-refractivity contribution is 0.248. The van der Waals surface area contributed by atoms with Crippen molar-refractivity contribution in [2.24, 2.45) is 10.9 Å². The number of nitrogens with zero attached hydrogens (tertiary/aromatic N) is 3. The molecule has 1 aliphatic carbocycles. The Hall–Kier alpha value is -1.02. The van der Waals surface area contributed by atoms with Crippen molar-refractivity contribution in [2.45, 2.75) is 25.8 Å². The van der Waals surface area contributed by atoms with Gasteiger partial charge >= 0.3 is 0 Å². The Morgan fingerprint density at radius 2 is 1.84 bits per heavy atom. The molecule has 1 saturated carbocycles. The first-order valence-corrected chi connectivity index (χ1v) is 9.45. The monoisotopic (exact) mass is 455 g/mol. The van der Waals surface area contributed by atoms with E-state index in [0.717, 1.165) is 51.0 Å². The summed E-state index contributed by atoms with van der Waals surface area (Å²) in [4.78, 5) is 9.61. The molecule has 1 aromatic rings. The van der Waals surface area contributed by atoms with Crippen molar-refractivity contribution >= 4 is 35.6 Å². The van der Waals surface area contributed by atoms with Gasteiger partial charge in [-0.1, -0.05) is 12.1 Å². The number of piperazine rings is 1. The number of guanidine groups is 1. The minimum Gasteiger partial charge on any atom is -0.369 e. The van der Waals surface area contributed by atoms with E-state index in [0.29, 0.717) is 0 Å². The highest BCUT2D eigenvalue weighted by atomic mass is 127. The summed E-state index contributed by atoms with van der Waals surface area (Å²) in [5.74, 6) is 1.95. The van der Waals surface area contributed by atoms with Crippen LogP contribution in [-0.2, 0) is 6.54 Å². The highest BCUT2D eigenvalue weighted by Gasteiger charge is 2.26. The number of benzene rings is 1. The zero-order valence-electron chi connectivity index (χ0n) is 14.9.